The highest BCUT2D eigenvalue weighted by molar-refractivity contribution is 6.30. The minimum atomic E-state index is -2.53. The number of anilines is 1. The molecule has 2 aliphatic carbocycles. The first kappa shape index (κ1) is 20.6. The SMILES string of the molecule is Cn1cnc2c1CC[C@H]2NC(=O)c1cnn(Cc2ccc(N3CC4C(C3)C4(F)F)nc2Cl)c1. The van der Waals surface area contributed by atoms with Crippen LogP contribution in [-0.2, 0) is 20.0 Å². The Balaban J connectivity index is 1.10. The Hall–Kier alpha value is -3.01. The average molecular weight is 474 g/mol. The molecule has 2 unspecified atom stereocenters. The van der Waals surface area contributed by atoms with Gasteiger partial charge in [0.15, 0.2) is 0 Å². The van der Waals surface area contributed by atoms with E-state index in [4.69, 9.17) is 11.6 Å². The Labute approximate surface area is 193 Å². The van der Waals surface area contributed by atoms with Gasteiger partial charge >= 0.3 is 0 Å². The molecule has 1 amide bonds. The molecule has 0 bridgehead atoms. The number of piperidine rings is 1. The van der Waals surface area contributed by atoms with Crippen LogP contribution in [0.3, 0.4) is 0 Å². The highest BCUT2D eigenvalue weighted by Gasteiger charge is 2.71. The molecular formula is C22H22ClF2N7O. The van der Waals surface area contributed by atoms with Crippen LogP contribution in [0.15, 0.2) is 30.9 Å². The predicted molar refractivity (Wildman–Crippen MR) is 116 cm³/mol. The van der Waals surface area contributed by atoms with Crippen LogP contribution in [-0.4, -0.2) is 49.2 Å². The molecule has 4 heterocycles. The molecule has 0 spiro atoms. The molecule has 1 aliphatic heterocycles. The minimum absolute atomic E-state index is 0.0974. The van der Waals surface area contributed by atoms with Gasteiger partial charge in [-0.05, 0) is 18.9 Å². The van der Waals surface area contributed by atoms with Crippen LogP contribution in [0.5, 0.6) is 0 Å². The van der Waals surface area contributed by atoms with Crippen LogP contribution in [0.2, 0.25) is 5.15 Å². The number of halogens is 3. The summed E-state index contributed by atoms with van der Waals surface area (Å²) >= 11 is 6.38. The molecule has 3 aromatic heterocycles. The van der Waals surface area contributed by atoms with Gasteiger partial charge in [0.05, 0.1) is 48.2 Å². The molecule has 1 saturated heterocycles. The van der Waals surface area contributed by atoms with Crippen molar-refractivity contribution >= 4 is 23.3 Å². The van der Waals surface area contributed by atoms with Crippen LogP contribution >= 0.6 is 11.6 Å². The van der Waals surface area contributed by atoms with Gasteiger partial charge in [0.1, 0.15) is 11.0 Å². The second-order valence-electron chi connectivity index (χ2n) is 9.09. The first-order valence-electron chi connectivity index (χ1n) is 10.9. The zero-order valence-electron chi connectivity index (χ0n) is 17.9. The third-order valence-electron chi connectivity index (χ3n) is 7.06. The van der Waals surface area contributed by atoms with Gasteiger partial charge in [-0.15, -0.1) is 0 Å². The number of rotatable bonds is 5. The molecule has 6 rings (SSSR count). The molecule has 33 heavy (non-hydrogen) atoms. The molecule has 3 aromatic rings. The Morgan fingerprint density at radius 2 is 2.09 bits per heavy atom. The van der Waals surface area contributed by atoms with E-state index >= 15 is 0 Å². The van der Waals surface area contributed by atoms with Crippen molar-refractivity contribution in [1.29, 1.82) is 0 Å². The summed E-state index contributed by atoms with van der Waals surface area (Å²) in [6, 6.07) is 3.53. The van der Waals surface area contributed by atoms with Gasteiger partial charge in [-0.25, -0.2) is 18.7 Å². The number of amides is 1. The molecule has 172 valence electrons. The molecule has 0 aromatic carbocycles. The number of aryl methyl sites for hydroxylation is 1. The topological polar surface area (TPSA) is 80.9 Å². The Kier molecular flexibility index (Phi) is 4.52. The molecule has 0 radical (unpaired) electrons. The molecule has 1 saturated carbocycles. The number of carbonyl (C=O) groups excluding carboxylic acids is 1. The number of fused-ring (bicyclic) bond motifs is 2. The summed E-state index contributed by atoms with van der Waals surface area (Å²) in [4.78, 5) is 23.4. The quantitative estimate of drug-likeness (QED) is 0.576. The molecule has 2 fully saturated rings. The Bertz CT molecular complexity index is 1240. The third-order valence-corrected chi connectivity index (χ3v) is 7.39. The van der Waals surface area contributed by atoms with E-state index in [-0.39, 0.29) is 11.9 Å². The van der Waals surface area contributed by atoms with Crippen LogP contribution in [0, 0.1) is 11.8 Å². The number of nitrogens with one attached hydrogen (secondary N) is 1. The second-order valence-corrected chi connectivity index (χ2v) is 9.45. The smallest absolute Gasteiger partial charge is 0.258 e. The normalized spacial score (nSPS) is 24.6. The lowest BCUT2D eigenvalue weighted by atomic mass is 10.2. The maximum Gasteiger partial charge on any atom is 0.258 e. The van der Waals surface area contributed by atoms with Crippen molar-refractivity contribution < 1.29 is 13.6 Å². The van der Waals surface area contributed by atoms with Crippen molar-refractivity contribution in [3.05, 3.63) is 58.5 Å². The third kappa shape index (κ3) is 3.38. The highest BCUT2D eigenvalue weighted by Crippen LogP contribution is 2.59. The van der Waals surface area contributed by atoms with Crippen molar-refractivity contribution in [2.75, 3.05) is 18.0 Å². The number of carbonyl (C=O) groups is 1. The second kappa shape index (κ2) is 7.24. The zero-order chi connectivity index (χ0) is 22.9. The number of nitrogens with zero attached hydrogens (tertiary/aromatic N) is 6. The fourth-order valence-corrected chi connectivity index (χ4v) is 5.26. The van der Waals surface area contributed by atoms with Crippen molar-refractivity contribution in [2.24, 2.45) is 18.9 Å². The lowest BCUT2D eigenvalue weighted by molar-refractivity contribution is 0.0796. The number of alkyl halides is 2. The van der Waals surface area contributed by atoms with Crippen LogP contribution in [0.25, 0.3) is 0 Å². The van der Waals surface area contributed by atoms with Gasteiger partial charge < -0.3 is 14.8 Å². The predicted octanol–water partition coefficient (Wildman–Crippen LogP) is 2.83. The number of pyridine rings is 1. The summed E-state index contributed by atoms with van der Waals surface area (Å²) in [5.74, 6) is -3.26. The van der Waals surface area contributed by atoms with Crippen LogP contribution in [0.4, 0.5) is 14.6 Å². The summed E-state index contributed by atoms with van der Waals surface area (Å²) in [5.41, 5.74) is 3.27. The maximum atomic E-state index is 13.4. The van der Waals surface area contributed by atoms with E-state index in [1.165, 1.54) is 6.20 Å². The monoisotopic (exact) mass is 473 g/mol. The first-order chi connectivity index (χ1) is 15.8. The molecule has 3 aliphatic rings. The van der Waals surface area contributed by atoms with Gasteiger partial charge in [-0.1, -0.05) is 17.7 Å². The van der Waals surface area contributed by atoms with E-state index in [1.807, 2.05) is 22.6 Å². The minimum Gasteiger partial charge on any atom is -0.356 e. The Morgan fingerprint density at radius 3 is 2.85 bits per heavy atom. The van der Waals surface area contributed by atoms with Gasteiger partial charge in [0.25, 0.3) is 11.8 Å². The molecule has 8 nitrogen and oxygen atoms in total. The van der Waals surface area contributed by atoms with Crippen LogP contribution in [0.1, 0.15) is 39.8 Å². The zero-order valence-corrected chi connectivity index (χ0v) is 18.6. The van der Waals surface area contributed by atoms with Gasteiger partial charge in [0, 0.05) is 37.6 Å². The fourth-order valence-electron chi connectivity index (χ4n) is 5.05. The lowest BCUT2D eigenvalue weighted by Gasteiger charge is -2.21. The maximum absolute atomic E-state index is 13.4. The Morgan fingerprint density at radius 1 is 1.30 bits per heavy atom. The standard InChI is InChI=1S/C22H22ClF2N7O/c1-30-11-26-19-16(3-4-17(19)30)28-21(33)13-6-27-32(8-13)7-12-2-5-18(29-20(12)23)31-9-14-15(10-31)22(14,24)25/h2,5-6,8,11,14-16H,3-4,7,9-10H2,1H3,(H,28,33)/t14?,15?,16-/m1/s1. The van der Waals surface area contributed by atoms with Crippen LogP contribution < -0.4 is 10.2 Å². The summed E-state index contributed by atoms with van der Waals surface area (Å²) < 4.78 is 30.5. The molecule has 1 N–H and O–H groups in total. The van der Waals surface area contributed by atoms with Crippen molar-refractivity contribution in [1.82, 2.24) is 29.6 Å². The number of hydrogen-bond acceptors (Lipinski definition) is 5. The summed E-state index contributed by atoms with van der Waals surface area (Å²) in [6.07, 6.45) is 6.68. The molecule has 11 heteroatoms. The number of aromatic nitrogens is 5. The fraction of sp³-hybridized carbons (Fsp3) is 0.455. The number of imidazole rings is 1. The van der Waals surface area contributed by atoms with Crippen molar-refractivity contribution in [2.45, 2.75) is 31.4 Å². The first-order valence-corrected chi connectivity index (χ1v) is 11.3. The number of hydrogen-bond donors (Lipinski definition) is 1. The largest absolute Gasteiger partial charge is 0.356 e. The lowest BCUT2D eigenvalue weighted by Crippen LogP contribution is -2.28. The van der Waals surface area contributed by atoms with Crippen molar-refractivity contribution in [3.63, 3.8) is 0 Å². The van der Waals surface area contributed by atoms with E-state index in [9.17, 15) is 13.6 Å². The van der Waals surface area contributed by atoms with Gasteiger partial charge in [0.2, 0.25) is 0 Å². The molecular weight excluding hydrogens is 452 g/mol. The van der Waals surface area contributed by atoms with E-state index in [0.717, 1.165) is 29.8 Å². The summed E-state index contributed by atoms with van der Waals surface area (Å²) in [5, 5.41) is 7.62. The highest BCUT2D eigenvalue weighted by atomic mass is 35.5. The van der Waals surface area contributed by atoms with E-state index < -0.39 is 17.8 Å². The van der Waals surface area contributed by atoms with E-state index in [2.05, 4.69) is 20.4 Å². The average Bonchev–Trinajstić information content (AvgIpc) is 3.41. The van der Waals surface area contributed by atoms with Gasteiger partial charge in [-0.2, -0.15) is 5.10 Å². The molecule has 3 atom stereocenters. The van der Waals surface area contributed by atoms with Gasteiger partial charge in [-0.3, -0.25) is 9.48 Å². The van der Waals surface area contributed by atoms with E-state index in [0.29, 0.717) is 36.2 Å². The van der Waals surface area contributed by atoms with E-state index in [1.54, 1.807) is 23.3 Å². The van der Waals surface area contributed by atoms with Crippen molar-refractivity contribution in [3.8, 4) is 0 Å². The summed E-state index contributed by atoms with van der Waals surface area (Å²) in [7, 11) is 1.96. The summed E-state index contributed by atoms with van der Waals surface area (Å²) in [6.45, 7) is 0.953.